The Hall–Kier alpha value is -3.12. The van der Waals surface area contributed by atoms with Crippen LogP contribution >= 0.6 is 11.8 Å². The highest BCUT2D eigenvalue weighted by Crippen LogP contribution is 2.35. The molecule has 1 unspecified atom stereocenters. The molecule has 0 saturated carbocycles. The number of methoxy groups -OCH3 is 1. The zero-order chi connectivity index (χ0) is 20.4. The number of thioether (sulfide) groups is 1. The standard InChI is InChI=1S/C23H20N2O3S/c1-3-25-21(26)18-13-16-11-7-8-12-17(16)14-19(18)24-23(25)29-20(22(27)28-2)15-9-5-4-6-10-15/h4-14,20H,3H2,1-2H3. The predicted octanol–water partition coefficient (Wildman–Crippen LogP) is 4.58. The van der Waals surface area contributed by atoms with Crippen LogP contribution < -0.4 is 5.56 Å². The smallest absolute Gasteiger partial charge is 0.323 e. The van der Waals surface area contributed by atoms with Crippen LogP contribution in [0.25, 0.3) is 21.7 Å². The lowest BCUT2D eigenvalue weighted by Gasteiger charge is -2.17. The Balaban J connectivity index is 1.88. The van der Waals surface area contributed by atoms with E-state index in [1.165, 1.54) is 18.9 Å². The van der Waals surface area contributed by atoms with E-state index in [-0.39, 0.29) is 11.5 Å². The molecular formula is C23H20N2O3S. The second kappa shape index (κ2) is 8.09. The summed E-state index contributed by atoms with van der Waals surface area (Å²) in [5.41, 5.74) is 1.32. The molecule has 0 aliphatic carbocycles. The maximum Gasteiger partial charge on any atom is 0.323 e. The summed E-state index contributed by atoms with van der Waals surface area (Å²) in [6.45, 7) is 2.36. The lowest BCUT2D eigenvalue weighted by molar-refractivity contribution is -0.140. The van der Waals surface area contributed by atoms with Crippen molar-refractivity contribution in [3.8, 4) is 0 Å². The molecule has 0 spiro atoms. The first-order valence-corrected chi connectivity index (χ1v) is 10.2. The van der Waals surface area contributed by atoms with Crippen LogP contribution in [0.3, 0.4) is 0 Å². The number of rotatable bonds is 5. The largest absolute Gasteiger partial charge is 0.468 e. The Morgan fingerprint density at radius 3 is 2.38 bits per heavy atom. The minimum atomic E-state index is -0.608. The predicted molar refractivity (Wildman–Crippen MR) is 116 cm³/mol. The SMILES string of the molecule is CCn1c(SC(C(=O)OC)c2ccccc2)nc2cc3ccccc3cc2c1=O. The molecular weight excluding hydrogens is 384 g/mol. The number of nitrogens with zero attached hydrogens (tertiary/aromatic N) is 2. The summed E-state index contributed by atoms with van der Waals surface area (Å²) in [6.07, 6.45) is 0. The Bertz CT molecular complexity index is 1250. The molecule has 0 saturated heterocycles. The van der Waals surface area contributed by atoms with E-state index >= 15 is 0 Å². The Morgan fingerprint density at radius 2 is 1.72 bits per heavy atom. The van der Waals surface area contributed by atoms with Gasteiger partial charge in [-0.05, 0) is 35.4 Å². The maximum absolute atomic E-state index is 13.2. The van der Waals surface area contributed by atoms with Crippen LogP contribution in [0.1, 0.15) is 17.7 Å². The number of hydrogen-bond donors (Lipinski definition) is 0. The number of carbonyl (C=O) groups is 1. The number of fused-ring (bicyclic) bond motifs is 2. The summed E-state index contributed by atoms with van der Waals surface area (Å²) >= 11 is 1.24. The number of ether oxygens (including phenoxy) is 1. The van der Waals surface area contributed by atoms with Gasteiger partial charge in [0.15, 0.2) is 5.16 Å². The Kier molecular flexibility index (Phi) is 5.36. The number of hydrogen-bond acceptors (Lipinski definition) is 5. The third-order valence-electron chi connectivity index (χ3n) is 4.84. The van der Waals surface area contributed by atoms with Crippen LogP contribution in [-0.4, -0.2) is 22.6 Å². The van der Waals surface area contributed by atoms with E-state index in [1.807, 2.05) is 73.7 Å². The normalized spacial score (nSPS) is 12.2. The Morgan fingerprint density at radius 1 is 1.07 bits per heavy atom. The van der Waals surface area contributed by atoms with E-state index in [0.29, 0.717) is 22.6 Å². The van der Waals surface area contributed by atoms with E-state index in [9.17, 15) is 9.59 Å². The molecule has 4 aromatic rings. The van der Waals surface area contributed by atoms with Crippen molar-refractivity contribution in [1.29, 1.82) is 0 Å². The molecule has 6 heteroatoms. The monoisotopic (exact) mass is 404 g/mol. The van der Waals surface area contributed by atoms with E-state index in [1.54, 1.807) is 4.57 Å². The number of esters is 1. The molecule has 0 bridgehead atoms. The fourth-order valence-electron chi connectivity index (χ4n) is 3.35. The van der Waals surface area contributed by atoms with Gasteiger partial charge >= 0.3 is 5.97 Å². The summed E-state index contributed by atoms with van der Waals surface area (Å²) in [5.74, 6) is -0.378. The first-order valence-electron chi connectivity index (χ1n) is 9.35. The molecule has 3 aromatic carbocycles. The van der Waals surface area contributed by atoms with Crippen molar-refractivity contribution in [2.45, 2.75) is 23.9 Å². The zero-order valence-corrected chi connectivity index (χ0v) is 17.0. The van der Waals surface area contributed by atoms with Gasteiger partial charge in [-0.25, -0.2) is 4.98 Å². The first-order chi connectivity index (χ1) is 14.1. The van der Waals surface area contributed by atoms with Crippen LogP contribution in [0.15, 0.2) is 76.7 Å². The third kappa shape index (κ3) is 3.63. The second-order valence-corrected chi connectivity index (χ2v) is 7.66. The molecule has 0 amide bonds. The maximum atomic E-state index is 13.2. The van der Waals surface area contributed by atoms with Gasteiger partial charge in [0.2, 0.25) is 0 Å². The van der Waals surface area contributed by atoms with Gasteiger partial charge in [-0.2, -0.15) is 0 Å². The van der Waals surface area contributed by atoms with Crippen molar-refractivity contribution in [3.63, 3.8) is 0 Å². The molecule has 0 fully saturated rings. The zero-order valence-electron chi connectivity index (χ0n) is 16.2. The summed E-state index contributed by atoms with van der Waals surface area (Å²) in [5, 5.41) is 2.48. The van der Waals surface area contributed by atoms with Gasteiger partial charge in [-0.15, -0.1) is 0 Å². The molecule has 0 aliphatic rings. The molecule has 146 valence electrons. The van der Waals surface area contributed by atoms with Crippen molar-refractivity contribution in [2.24, 2.45) is 0 Å². The topological polar surface area (TPSA) is 61.2 Å². The van der Waals surface area contributed by atoms with Gasteiger partial charge in [0.05, 0.1) is 18.0 Å². The number of aromatic nitrogens is 2. The second-order valence-electron chi connectivity index (χ2n) is 6.59. The minimum Gasteiger partial charge on any atom is -0.468 e. The fourth-order valence-corrected chi connectivity index (χ4v) is 4.54. The van der Waals surface area contributed by atoms with E-state index in [0.717, 1.165) is 16.3 Å². The van der Waals surface area contributed by atoms with Crippen LogP contribution in [0.5, 0.6) is 0 Å². The minimum absolute atomic E-state index is 0.109. The number of benzene rings is 3. The van der Waals surface area contributed by atoms with Crippen LogP contribution in [-0.2, 0) is 16.1 Å². The van der Waals surface area contributed by atoms with Gasteiger partial charge in [-0.1, -0.05) is 66.4 Å². The molecule has 0 radical (unpaired) electrons. The average molecular weight is 404 g/mol. The molecule has 5 nitrogen and oxygen atoms in total. The molecule has 29 heavy (non-hydrogen) atoms. The highest BCUT2D eigenvalue weighted by Gasteiger charge is 2.25. The van der Waals surface area contributed by atoms with Gasteiger partial charge < -0.3 is 4.74 Å². The first kappa shape index (κ1) is 19.2. The summed E-state index contributed by atoms with van der Waals surface area (Å²) in [6, 6.07) is 21.1. The highest BCUT2D eigenvalue weighted by molar-refractivity contribution is 8.00. The third-order valence-corrected chi connectivity index (χ3v) is 6.07. The van der Waals surface area contributed by atoms with Crippen LogP contribution in [0.4, 0.5) is 0 Å². The van der Waals surface area contributed by atoms with Gasteiger partial charge in [-0.3, -0.25) is 14.2 Å². The van der Waals surface area contributed by atoms with Gasteiger partial charge in [0.1, 0.15) is 5.25 Å². The van der Waals surface area contributed by atoms with Crippen molar-refractivity contribution in [1.82, 2.24) is 9.55 Å². The van der Waals surface area contributed by atoms with Gasteiger partial charge in [0.25, 0.3) is 5.56 Å². The quantitative estimate of drug-likeness (QED) is 0.211. The Labute approximate surface area is 172 Å². The van der Waals surface area contributed by atoms with E-state index in [4.69, 9.17) is 9.72 Å². The molecule has 0 aliphatic heterocycles. The molecule has 1 atom stereocenters. The van der Waals surface area contributed by atoms with Crippen LogP contribution in [0.2, 0.25) is 0 Å². The van der Waals surface area contributed by atoms with Crippen molar-refractivity contribution in [3.05, 3.63) is 82.6 Å². The summed E-state index contributed by atoms with van der Waals surface area (Å²) in [4.78, 5) is 30.4. The van der Waals surface area contributed by atoms with Crippen LogP contribution in [0, 0.1) is 0 Å². The molecule has 0 N–H and O–H groups in total. The van der Waals surface area contributed by atoms with E-state index < -0.39 is 5.25 Å². The summed E-state index contributed by atoms with van der Waals surface area (Å²) in [7, 11) is 1.37. The van der Waals surface area contributed by atoms with Crippen molar-refractivity contribution < 1.29 is 9.53 Å². The highest BCUT2D eigenvalue weighted by atomic mass is 32.2. The lowest BCUT2D eigenvalue weighted by Crippen LogP contribution is -2.23. The molecule has 1 aromatic heterocycles. The molecule has 1 heterocycles. The van der Waals surface area contributed by atoms with Crippen molar-refractivity contribution >= 4 is 39.4 Å². The van der Waals surface area contributed by atoms with Crippen molar-refractivity contribution in [2.75, 3.05) is 7.11 Å². The van der Waals surface area contributed by atoms with E-state index in [2.05, 4.69) is 0 Å². The number of carbonyl (C=O) groups excluding carboxylic acids is 1. The lowest BCUT2D eigenvalue weighted by atomic mass is 10.1. The summed E-state index contributed by atoms with van der Waals surface area (Å²) < 4.78 is 6.62. The van der Waals surface area contributed by atoms with Gasteiger partial charge in [0, 0.05) is 6.54 Å². The fraction of sp³-hybridized carbons (Fsp3) is 0.174. The molecule has 4 rings (SSSR count). The average Bonchev–Trinajstić information content (AvgIpc) is 2.76.